The van der Waals surface area contributed by atoms with Crippen LogP contribution in [-0.2, 0) is 17.0 Å². The molecule has 1 aromatic heterocycles. The van der Waals surface area contributed by atoms with Gasteiger partial charge in [0.15, 0.2) is 0 Å². The van der Waals surface area contributed by atoms with Crippen LogP contribution < -0.4 is 0 Å². The van der Waals surface area contributed by atoms with Crippen LogP contribution >= 0.6 is 11.8 Å². The Hall–Kier alpha value is -0.700. The number of ketones is 1. The Morgan fingerprint density at radius 1 is 1.40 bits per heavy atom. The number of Topliss-reactive ketones (excluding diaryl/α,β-unsaturated/α-hetero) is 1. The van der Waals surface area contributed by atoms with Gasteiger partial charge in [0.2, 0.25) is 0 Å². The van der Waals surface area contributed by atoms with E-state index in [1.165, 1.54) is 0 Å². The van der Waals surface area contributed by atoms with Crippen molar-refractivity contribution in [3.05, 3.63) is 23.7 Å². The molecule has 0 spiro atoms. The standard InChI is InChI=1S/C12H18O2S/c1-4-10-6-7-11(14-10)8-15-9(3)12(13)5-2/h6-7,9H,4-5,8H2,1-3H3. The van der Waals surface area contributed by atoms with E-state index in [0.29, 0.717) is 12.2 Å². The Morgan fingerprint density at radius 3 is 2.60 bits per heavy atom. The van der Waals surface area contributed by atoms with Crippen molar-refractivity contribution in [2.24, 2.45) is 0 Å². The van der Waals surface area contributed by atoms with E-state index in [4.69, 9.17) is 4.42 Å². The van der Waals surface area contributed by atoms with Gasteiger partial charge in [0.05, 0.1) is 11.0 Å². The topological polar surface area (TPSA) is 30.2 Å². The number of aryl methyl sites for hydroxylation is 1. The summed E-state index contributed by atoms with van der Waals surface area (Å²) in [6.07, 6.45) is 1.54. The Balaban J connectivity index is 2.39. The van der Waals surface area contributed by atoms with Gasteiger partial charge in [0, 0.05) is 12.8 Å². The van der Waals surface area contributed by atoms with Crippen LogP contribution in [0.3, 0.4) is 0 Å². The molecule has 0 radical (unpaired) electrons. The van der Waals surface area contributed by atoms with Crippen LogP contribution in [0.15, 0.2) is 16.5 Å². The summed E-state index contributed by atoms with van der Waals surface area (Å²) in [5, 5.41) is 0.0742. The molecule has 15 heavy (non-hydrogen) atoms. The molecule has 1 aromatic rings. The van der Waals surface area contributed by atoms with Crippen LogP contribution in [0, 0.1) is 0 Å². The predicted molar refractivity (Wildman–Crippen MR) is 64.1 cm³/mol. The van der Waals surface area contributed by atoms with E-state index in [2.05, 4.69) is 6.92 Å². The molecule has 0 fully saturated rings. The van der Waals surface area contributed by atoms with Crippen molar-refractivity contribution in [3.63, 3.8) is 0 Å². The molecule has 84 valence electrons. The lowest BCUT2D eigenvalue weighted by Gasteiger charge is -2.06. The third-order valence-corrected chi connectivity index (χ3v) is 3.56. The van der Waals surface area contributed by atoms with Crippen LogP contribution in [0.5, 0.6) is 0 Å². The second-order valence-corrected chi connectivity index (χ2v) is 4.82. The van der Waals surface area contributed by atoms with E-state index in [9.17, 15) is 4.79 Å². The second-order valence-electron chi connectivity index (χ2n) is 3.49. The predicted octanol–water partition coefficient (Wildman–Crippen LogP) is 3.44. The molecule has 0 aromatic carbocycles. The molecule has 3 heteroatoms. The fourth-order valence-corrected chi connectivity index (χ4v) is 2.20. The molecule has 0 saturated heterocycles. The van der Waals surface area contributed by atoms with E-state index in [-0.39, 0.29) is 5.25 Å². The minimum Gasteiger partial charge on any atom is -0.465 e. The third kappa shape index (κ3) is 3.74. The normalized spacial score (nSPS) is 12.7. The van der Waals surface area contributed by atoms with Crippen molar-refractivity contribution in [1.29, 1.82) is 0 Å². The lowest BCUT2D eigenvalue weighted by molar-refractivity contribution is -0.117. The Bertz CT molecular complexity index is 317. The highest BCUT2D eigenvalue weighted by atomic mass is 32.2. The molecule has 0 aliphatic rings. The van der Waals surface area contributed by atoms with Gasteiger partial charge < -0.3 is 4.42 Å². The lowest BCUT2D eigenvalue weighted by Crippen LogP contribution is -2.11. The van der Waals surface area contributed by atoms with Crippen molar-refractivity contribution < 1.29 is 9.21 Å². The molecule has 1 atom stereocenters. The number of rotatable bonds is 6. The molecule has 0 saturated carbocycles. The Morgan fingerprint density at radius 2 is 2.07 bits per heavy atom. The molecule has 0 bridgehead atoms. The molecular weight excluding hydrogens is 208 g/mol. The van der Waals surface area contributed by atoms with Gasteiger partial charge in [-0.2, -0.15) is 0 Å². The average molecular weight is 226 g/mol. The first-order chi connectivity index (χ1) is 7.17. The zero-order valence-electron chi connectivity index (χ0n) is 9.58. The Kier molecular flexibility index (Phi) is 4.95. The van der Waals surface area contributed by atoms with Gasteiger partial charge in [0.25, 0.3) is 0 Å². The fraction of sp³-hybridized carbons (Fsp3) is 0.583. The van der Waals surface area contributed by atoms with Gasteiger partial charge in [0.1, 0.15) is 17.3 Å². The highest BCUT2D eigenvalue weighted by Crippen LogP contribution is 2.20. The molecule has 0 aliphatic carbocycles. The zero-order valence-corrected chi connectivity index (χ0v) is 10.4. The highest BCUT2D eigenvalue weighted by Gasteiger charge is 2.12. The van der Waals surface area contributed by atoms with Crippen LogP contribution in [0.2, 0.25) is 0 Å². The summed E-state index contributed by atoms with van der Waals surface area (Å²) in [5.41, 5.74) is 0. The minimum absolute atomic E-state index is 0.0742. The van der Waals surface area contributed by atoms with Crippen molar-refractivity contribution in [2.75, 3.05) is 0 Å². The van der Waals surface area contributed by atoms with Crippen LogP contribution in [0.25, 0.3) is 0 Å². The minimum atomic E-state index is 0.0742. The average Bonchev–Trinajstić information content (AvgIpc) is 2.72. The third-order valence-electron chi connectivity index (χ3n) is 2.34. The van der Waals surface area contributed by atoms with Gasteiger partial charge in [-0.25, -0.2) is 0 Å². The summed E-state index contributed by atoms with van der Waals surface area (Å²) in [4.78, 5) is 11.3. The summed E-state index contributed by atoms with van der Waals surface area (Å²) in [7, 11) is 0. The van der Waals surface area contributed by atoms with E-state index in [1.807, 2.05) is 26.0 Å². The van der Waals surface area contributed by atoms with Gasteiger partial charge in [-0.05, 0) is 19.1 Å². The maximum absolute atomic E-state index is 11.3. The molecule has 1 rings (SSSR count). The number of thioether (sulfide) groups is 1. The van der Waals surface area contributed by atoms with Crippen LogP contribution in [-0.4, -0.2) is 11.0 Å². The number of furan rings is 1. The highest BCUT2D eigenvalue weighted by molar-refractivity contribution is 7.99. The summed E-state index contributed by atoms with van der Waals surface area (Å²) in [5.74, 6) is 3.07. The van der Waals surface area contributed by atoms with Crippen molar-refractivity contribution in [3.8, 4) is 0 Å². The zero-order chi connectivity index (χ0) is 11.3. The number of hydrogen-bond acceptors (Lipinski definition) is 3. The molecule has 0 aliphatic heterocycles. The quantitative estimate of drug-likeness (QED) is 0.744. The molecular formula is C12H18O2S. The SMILES string of the molecule is CCC(=O)C(C)SCc1ccc(CC)o1. The second kappa shape index (κ2) is 6.01. The maximum Gasteiger partial charge on any atom is 0.145 e. The first-order valence-corrected chi connectivity index (χ1v) is 6.44. The smallest absolute Gasteiger partial charge is 0.145 e. The summed E-state index contributed by atoms with van der Waals surface area (Å²) >= 11 is 1.64. The van der Waals surface area contributed by atoms with Crippen molar-refractivity contribution in [1.82, 2.24) is 0 Å². The molecule has 2 nitrogen and oxygen atoms in total. The van der Waals surface area contributed by atoms with Crippen molar-refractivity contribution in [2.45, 2.75) is 44.6 Å². The van der Waals surface area contributed by atoms with Gasteiger partial charge >= 0.3 is 0 Å². The first-order valence-electron chi connectivity index (χ1n) is 5.39. The summed E-state index contributed by atoms with van der Waals surface area (Å²) in [6, 6.07) is 4.00. The number of carbonyl (C=O) groups is 1. The summed E-state index contributed by atoms with van der Waals surface area (Å²) < 4.78 is 5.56. The van der Waals surface area contributed by atoms with E-state index < -0.39 is 0 Å². The molecule has 1 unspecified atom stereocenters. The Labute approximate surface area is 95.4 Å². The number of carbonyl (C=O) groups excluding carboxylic acids is 1. The van der Waals surface area contributed by atoms with Crippen LogP contribution in [0.1, 0.15) is 38.7 Å². The monoisotopic (exact) mass is 226 g/mol. The largest absolute Gasteiger partial charge is 0.465 e. The summed E-state index contributed by atoms with van der Waals surface area (Å²) in [6.45, 7) is 5.93. The molecule has 1 heterocycles. The van der Waals surface area contributed by atoms with Crippen LogP contribution in [0.4, 0.5) is 0 Å². The van der Waals surface area contributed by atoms with E-state index >= 15 is 0 Å². The fourth-order valence-electron chi connectivity index (χ4n) is 1.28. The van der Waals surface area contributed by atoms with Gasteiger partial charge in [-0.15, -0.1) is 11.8 Å². The molecule has 0 amide bonds. The van der Waals surface area contributed by atoms with E-state index in [1.54, 1.807) is 11.8 Å². The molecule has 0 N–H and O–H groups in total. The van der Waals surface area contributed by atoms with Gasteiger partial charge in [-0.3, -0.25) is 4.79 Å². The van der Waals surface area contributed by atoms with E-state index in [0.717, 1.165) is 23.7 Å². The van der Waals surface area contributed by atoms with Gasteiger partial charge in [-0.1, -0.05) is 13.8 Å². The maximum atomic E-state index is 11.3. The first kappa shape index (κ1) is 12.4. The number of hydrogen-bond donors (Lipinski definition) is 0. The lowest BCUT2D eigenvalue weighted by atomic mass is 10.2. The van der Waals surface area contributed by atoms with Crippen molar-refractivity contribution >= 4 is 17.5 Å².